The second-order valence-electron chi connectivity index (χ2n) is 4.70. The zero-order chi connectivity index (χ0) is 12.7. The van der Waals surface area contributed by atoms with Crippen LogP contribution in [0.25, 0.3) is 0 Å². The molecule has 17 heavy (non-hydrogen) atoms. The van der Waals surface area contributed by atoms with Crippen LogP contribution in [0.1, 0.15) is 13.8 Å². The summed E-state index contributed by atoms with van der Waals surface area (Å²) in [5, 5.41) is 7.42. The Morgan fingerprint density at radius 2 is 2.12 bits per heavy atom. The quantitative estimate of drug-likeness (QED) is 0.495. The molecule has 1 fully saturated rings. The molecule has 0 aromatic rings. The van der Waals surface area contributed by atoms with Crippen LogP contribution in [0.4, 0.5) is 0 Å². The summed E-state index contributed by atoms with van der Waals surface area (Å²) in [5.41, 5.74) is 5.51. The molecule has 1 aliphatic rings. The molecule has 1 rings (SSSR count). The van der Waals surface area contributed by atoms with Crippen molar-refractivity contribution in [2.75, 3.05) is 52.5 Å². The normalized spacial score (nSPS) is 19.5. The topological polar surface area (TPSA) is 65.6 Å². The number of amidine groups is 1. The van der Waals surface area contributed by atoms with Crippen LogP contribution in [-0.2, 0) is 4.74 Å². The first-order chi connectivity index (χ1) is 8.13. The summed E-state index contributed by atoms with van der Waals surface area (Å²) in [6, 6.07) is 0. The lowest BCUT2D eigenvalue weighted by atomic mass is 10.1. The van der Waals surface area contributed by atoms with Crippen molar-refractivity contribution < 1.29 is 4.74 Å². The Bertz CT molecular complexity index is 229. The van der Waals surface area contributed by atoms with Gasteiger partial charge in [0, 0.05) is 38.6 Å². The molecule has 0 aromatic carbocycles. The fourth-order valence-corrected chi connectivity index (χ4v) is 1.97. The molecule has 0 aromatic heterocycles. The van der Waals surface area contributed by atoms with Gasteiger partial charge in [-0.15, -0.1) is 0 Å². The molecule has 100 valence electrons. The van der Waals surface area contributed by atoms with E-state index in [1.807, 2.05) is 6.92 Å². The molecular weight excluding hydrogens is 216 g/mol. The maximum atomic E-state index is 7.42. The fourth-order valence-electron chi connectivity index (χ4n) is 1.97. The van der Waals surface area contributed by atoms with Gasteiger partial charge in [-0.05, 0) is 6.54 Å². The molecule has 1 unspecified atom stereocenters. The number of nitrogens with two attached hydrogens (primary N) is 1. The number of nitrogens with one attached hydrogen (secondary N) is 1. The molecule has 1 saturated heterocycles. The van der Waals surface area contributed by atoms with E-state index in [1.165, 1.54) is 0 Å². The van der Waals surface area contributed by atoms with Gasteiger partial charge in [0.15, 0.2) is 0 Å². The molecule has 3 N–H and O–H groups in total. The van der Waals surface area contributed by atoms with Crippen LogP contribution in [-0.4, -0.2) is 68.1 Å². The first kappa shape index (κ1) is 14.4. The largest absolute Gasteiger partial charge is 0.387 e. The lowest BCUT2D eigenvalue weighted by Crippen LogP contribution is -2.43. The zero-order valence-electron chi connectivity index (χ0n) is 11.1. The van der Waals surface area contributed by atoms with Gasteiger partial charge in [0.05, 0.1) is 19.0 Å². The highest BCUT2D eigenvalue weighted by Crippen LogP contribution is 2.01. The SMILES string of the molecule is CCN(CCN1CCOCC1)CC(C)C(=N)N. The third-order valence-electron chi connectivity index (χ3n) is 3.35. The number of morpholine rings is 1. The van der Waals surface area contributed by atoms with Crippen molar-refractivity contribution in [3.8, 4) is 0 Å². The number of ether oxygens (including phenoxy) is 1. The number of likely N-dealkylation sites (N-methyl/N-ethyl adjacent to an activating group) is 1. The third-order valence-corrected chi connectivity index (χ3v) is 3.35. The predicted molar refractivity (Wildman–Crippen MR) is 70.5 cm³/mol. The highest BCUT2D eigenvalue weighted by atomic mass is 16.5. The second kappa shape index (κ2) is 7.63. The fraction of sp³-hybridized carbons (Fsp3) is 0.917. The molecule has 0 aliphatic carbocycles. The Kier molecular flexibility index (Phi) is 6.47. The average Bonchev–Trinajstić information content (AvgIpc) is 2.35. The molecule has 0 bridgehead atoms. The van der Waals surface area contributed by atoms with E-state index in [0.717, 1.165) is 52.5 Å². The van der Waals surface area contributed by atoms with E-state index in [2.05, 4.69) is 16.7 Å². The summed E-state index contributed by atoms with van der Waals surface area (Å²) in [7, 11) is 0. The van der Waals surface area contributed by atoms with E-state index >= 15 is 0 Å². The summed E-state index contributed by atoms with van der Waals surface area (Å²) in [6.07, 6.45) is 0. The van der Waals surface area contributed by atoms with Crippen LogP contribution in [0.3, 0.4) is 0 Å². The van der Waals surface area contributed by atoms with Crippen LogP contribution in [0.15, 0.2) is 0 Å². The zero-order valence-corrected chi connectivity index (χ0v) is 11.1. The first-order valence-corrected chi connectivity index (χ1v) is 6.49. The molecule has 5 nitrogen and oxygen atoms in total. The molecule has 5 heteroatoms. The molecule has 1 aliphatic heterocycles. The Morgan fingerprint density at radius 3 is 2.65 bits per heavy atom. The maximum absolute atomic E-state index is 7.42. The molecule has 0 radical (unpaired) electrons. The van der Waals surface area contributed by atoms with Crippen molar-refractivity contribution in [2.45, 2.75) is 13.8 Å². The van der Waals surface area contributed by atoms with Crippen LogP contribution >= 0.6 is 0 Å². The molecule has 0 saturated carbocycles. The predicted octanol–water partition coefficient (Wildman–Crippen LogP) is 0.213. The third kappa shape index (κ3) is 5.48. The van der Waals surface area contributed by atoms with Crippen molar-refractivity contribution in [2.24, 2.45) is 11.7 Å². The number of rotatable bonds is 7. The van der Waals surface area contributed by atoms with Crippen molar-refractivity contribution >= 4 is 5.84 Å². The van der Waals surface area contributed by atoms with Crippen LogP contribution in [0.2, 0.25) is 0 Å². The average molecular weight is 242 g/mol. The minimum atomic E-state index is 0.152. The molecular formula is C12H26N4O. The van der Waals surface area contributed by atoms with Crippen molar-refractivity contribution in [3.63, 3.8) is 0 Å². The molecule has 1 heterocycles. The number of nitrogens with zero attached hydrogens (tertiary/aromatic N) is 2. The molecule has 0 spiro atoms. The summed E-state index contributed by atoms with van der Waals surface area (Å²) < 4.78 is 5.33. The lowest BCUT2D eigenvalue weighted by Gasteiger charge is -2.30. The minimum absolute atomic E-state index is 0.152. The Morgan fingerprint density at radius 1 is 1.47 bits per heavy atom. The number of hydrogen-bond donors (Lipinski definition) is 2. The standard InChI is InChI=1S/C12H26N4O/c1-3-15(10-11(2)12(13)14)4-5-16-6-8-17-9-7-16/h11H,3-10H2,1-2H3,(H3,13,14). The highest BCUT2D eigenvalue weighted by molar-refractivity contribution is 5.79. The van der Waals surface area contributed by atoms with Gasteiger partial charge in [-0.3, -0.25) is 10.3 Å². The van der Waals surface area contributed by atoms with Gasteiger partial charge >= 0.3 is 0 Å². The van der Waals surface area contributed by atoms with Gasteiger partial charge < -0.3 is 15.4 Å². The summed E-state index contributed by atoms with van der Waals surface area (Å²) in [5.74, 6) is 0.439. The van der Waals surface area contributed by atoms with E-state index in [4.69, 9.17) is 15.9 Å². The van der Waals surface area contributed by atoms with Gasteiger partial charge in [0.2, 0.25) is 0 Å². The van der Waals surface area contributed by atoms with Crippen molar-refractivity contribution in [1.82, 2.24) is 9.80 Å². The van der Waals surface area contributed by atoms with Crippen LogP contribution < -0.4 is 5.73 Å². The Labute approximate surface area is 104 Å². The Hall–Kier alpha value is -0.650. The smallest absolute Gasteiger partial charge is 0.0947 e. The van der Waals surface area contributed by atoms with Crippen LogP contribution in [0, 0.1) is 11.3 Å². The second-order valence-corrected chi connectivity index (χ2v) is 4.70. The van der Waals surface area contributed by atoms with E-state index in [0.29, 0.717) is 0 Å². The van der Waals surface area contributed by atoms with Gasteiger partial charge in [-0.25, -0.2) is 0 Å². The first-order valence-electron chi connectivity index (χ1n) is 6.49. The van der Waals surface area contributed by atoms with Crippen molar-refractivity contribution in [1.29, 1.82) is 5.41 Å². The lowest BCUT2D eigenvalue weighted by molar-refractivity contribution is 0.0333. The summed E-state index contributed by atoms with van der Waals surface area (Å²) in [6.45, 7) is 12.0. The Balaban J connectivity index is 2.23. The maximum Gasteiger partial charge on any atom is 0.0947 e. The van der Waals surface area contributed by atoms with E-state index in [-0.39, 0.29) is 11.8 Å². The number of hydrogen-bond acceptors (Lipinski definition) is 4. The van der Waals surface area contributed by atoms with Gasteiger partial charge in [0.1, 0.15) is 0 Å². The van der Waals surface area contributed by atoms with Gasteiger partial charge in [-0.2, -0.15) is 0 Å². The van der Waals surface area contributed by atoms with E-state index < -0.39 is 0 Å². The summed E-state index contributed by atoms with van der Waals surface area (Å²) >= 11 is 0. The minimum Gasteiger partial charge on any atom is -0.387 e. The van der Waals surface area contributed by atoms with Gasteiger partial charge in [-0.1, -0.05) is 13.8 Å². The van der Waals surface area contributed by atoms with Crippen LogP contribution in [0.5, 0.6) is 0 Å². The highest BCUT2D eigenvalue weighted by Gasteiger charge is 2.14. The monoisotopic (exact) mass is 242 g/mol. The van der Waals surface area contributed by atoms with E-state index in [1.54, 1.807) is 0 Å². The van der Waals surface area contributed by atoms with Gasteiger partial charge in [0.25, 0.3) is 0 Å². The van der Waals surface area contributed by atoms with Crippen molar-refractivity contribution in [3.05, 3.63) is 0 Å². The van der Waals surface area contributed by atoms with E-state index in [9.17, 15) is 0 Å². The molecule has 1 atom stereocenters. The molecule has 0 amide bonds. The summed E-state index contributed by atoms with van der Waals surface area (Å²) in [4.78, 5) is 4.80.